The summed E-state index contributed by atoms with van der Waals surface area (Å²) in [6.45, 7) is 3.46. The largest absolute Gasteiger partial charge is 0.497 e. The first kappa shape index (κ1) is 20.6. The van der Waals surface area contributed by atoms with Gasteiger partial charge in [0.05, 0.1) is 19.0 Å². The predicted molar refractivity (Wildman–Crippen MR) is 120 cm³/mol. The summed E-state index contributed by atoms with van der Waals surface area (Å²) < 4.78 is 7.08. The normalized spacial score (nSPS) is 14.8. The number of carbonyl (C=O) groups excluding carboxylic acids is 2. The van der Waals surface area contributed by atoms with Crippen LogP contribution in [0.5, 0.6) is 5.75 Å². The van der Waals surface area contributed by atoms with Crippen LogP contribution in [0, 0.1) is 6.92 Å². The number of nitrogens with zero attached hydrogens (tertiary/aromatic N) is 3. The van der Waals surface area contributed by atoms with Crippen molar-refractivity contribution in [3.8, 4) is 5.75 Å². The molecule has 1 aliphatic carbocycles. The van der Waals surface area contributed by atoms with Gasteiger partial charge in [0.2, 0.25) is 11.8 Å². The van der Waals surface area contributed by atoms with Gasteiger partial charge in [-0.05, 0) is 43.5 Å². The first-order valence-corrected chi connectivity index (χ1v) is 11.3. The number of methoxy groups -OCH3 is 1. The molecule has 2 heterocycles. The Morgan fingerprint density at radius 3 is 2.67 bits per heavy atom. The molecule has 7 heteroatoms. The van der Waals surface area contributed by atoms with Gasteiger partial charge in [0.1, 0.15) is 5.75 Å². The van der Waals surface area contributed by atoms with Gasteiger partial charge in [-0.3, -0.25) is 19.1 Å². The number of thiazole rings is 1. The van der Waals surface area contributed by atoms with Crippen LogP contribution in [0.25, 0.3) is 10.9 Å². The zero-order valence-corrected chi connectivity index (χ0v) is 18.5. The molecule has 2 aromatic heterocycles. The second-order valence-electron chi connectivity index (χ2n) is 7.85. The van der Waals surface area contributed by atoms with Gasteiger partial charge in [-0.15, -0.1) is 11.3 Å². The minimum Gasteiger partial charge on any atom is -0.497 e. The third-order valence-electron chi connectivity index (χ3n) is 6.02. The Morgan fingerprint density at radius 1 is 1.27 bits per heavy atom. The molecule has 0 spiro atoms. The molecule has 158 valence electrons. The van der Waals surface area contributed by atoms with Crippen LogP contribution >= 0.6 is 11.3 Å². The van der Waals surface area contributed by atoms with E-state index in [1.807, 2.05) is 35.4 Å². The van der Waals surface area contributed by atoms with E-state index in [1.54, 1.807) is 24.8 Å². The summed E-state index contributed by atoms with van der Waals surface area (Å²) in [6.07, 6.45) is 7.49. The Balaban J connectivity index is 1.75. The minimum atomic E-state index is -0.0644. The molecule has 1 amide bonds. The van der Waals surface area contributed by atoms with Crippen molar-refractivity contribution >= 4 is 39.2 Å². The summed E-state index contributed by atoms with van der Waals surface area (Å²) in [5, 5.41) is 3.56. The van der Waals surface area contributed by atoms with Gasteiger partial charge in [-0.2, -0.15) is 0 Å². The van der Waals surface area contributed by atoms with Gasteiger partial charge in [0.25, 0.3) is 0 Å². The maximum absolute atomic E-state index is 13.6. The van der Waals surface area contributed by atoms with Crippen LogP contribution in [-0.2, 0) is 11.2 Å². The number of hydrogen-bond acceptors (Lipinski definition) is 5. The number of fused-ring (bicyclic) bond motifs is 1. The fourth-order valence-electron chi connectivity index (χ4n) is 4.60. The first-order chi connectivity index (χ1) is 14.5. The fraction of sp³-hybridized carbons (Fsp3) is 0.435. The highest BCUT2D eigenvalue weighted by Gasteiger charge is 2.30. The Hall–Kier alpha value is -2.67. The lowest BCUT2D eigenvalue weighted by Gasteiger charge is -2.32. The summed E-state index contributed by atoms with van der Waals surface area (Å²) in [4.78, 5) is 32.3. The molecule has 0 unspecified atom stereocenters. The third-order valence-corrected chi connectivity index (χ3v) is 6.79. The Morgan fingerprint density at radius 2 is 2.03 bits per heavy atom. The van der Waals surface area contributed by atoms with Crippen molar-refractivity contribution in [2.24, 2.45) is 0 Å². The Kier molecular flexibility index (Phi) is 5.90. The van der Waals surface area contributed by atoms with Gasteiger partial charge < -0.3 is 4.74 Å². The van der Waals surface area contributed by atoms with E-state index in [9.17, 15) is 9.59 Å². The molecule has 6 nitrogen and oxygen atoms in total. The molecular weight excluding hydrogens is 398 g/mol. The van der Waals surface area contributed by atoms with E-state index >= 15 is 0 Å². The average molecular weight is 426 g/mol. The molecule has 0 bridgehead atoms. The number of aromatic nitrogens is 2. The molecule has 1 saturated carbocycles. The van der Waals surface area contributed by atoms with E-state index in [-0.39, 0.29) is 24.3 Å². The lowest BCUT2D eigenvalue weighted by atomic mass is 9.94. The van der Waals surface area contributed by atoms with Crippen LogP contribution in [-0.4, -0.2) is 34.5 Å². The second kappa shape index (κ2) is 8.60. The summed E-state index contributed by atoms with van der Waals surface area (Å²) >= 11 is 1.50. The maximum Gasteiger partial charge on any atom is 0.233 e. The fourth-order valence-corrected chi connectivity index (χ4v) is 5.32. The lowest BCUT2D eigenvalue weighted by Crippen LogP contribution is -2.42. The lowest BCUT2D eigenvalue weighted by molar-refractivity contribution is -0.118. The van der Waals surface area contributed by atoms with Crippen LogP contribution < -0.4 is 9.64 Å². The predicted octanol–water partition coefficient (Wildman–Crippen LogP) is 4.98. The van der Waals surface area contributed by atoms with Crippen LogP contribution in [0.4, 0.5) is 5.13 Å². The minimum absolute atomic E-state index is 0.0328. The molecule has 1 aromatic carbocycles. The van der Waals surface area contributed by atoms with E-state index in [4.69, 9.17) is 4.74 Å². The van der Waals surface area contributed by atoms with Crippen molar-refractivity contribution in [3.05, 3.63) is 41.0 Å². The van der Waals surface area contributed by atoms with Crippen molar-refractivity contribution in [2.75, 3.05) is 12.0 Å². The maximum atomic E-state index is 13.6. The summed E-state index contributed by atoms with van der Waals surface area (Å²) in [7, 11) is 1.62. The van der Waals surface area contributed by atoms with E-state index in [0.717, 1.165) is 53.0 Å². The summed E-state index contributed by atoms with van der Waals surface area (Å²) in [5.41, 5.74) is 2.49. The number of amides is 1. The van der Waals surface area contributed by atoms with Gasteiger partial charge in [0.15, 0.2) is 5.13 Å². The molecular formula is C23H27N3O3S. The van der Waals surface area contributed by atoms with Crippen molar-refractivity contribution in [1.29, 1.82) is 0 Å². The molecule has 0 aliphatic heterocycles. The Bertz CT molecular complexity index is 1070. The zero-order chi connectivity index (χ0) is 21.3. The molecule has 3 aromatic rings. The first-order valence-electron chi connectivity index (χ1n) is 10.4. The smallest absolute Gasteiger partial charge is 0.233 e. The molecule has 0 radical (unpaired) electrons. The van der Waals surface area contributed by atoms with Crippen LogP contribution in [0.3, 0.4) is 0 Å². The number of carbonyl (C=O) groups is 2. The molecule has 0 atom stereocenters. The van der Waals surface area contributed by atoms with E-state index in [2.05, 4.69) is 4.98 Å². The quantitative estimate of drug-likeness (QED) is 0.578. The molecule has 1 fully saturated rings. The molecule has 0 N–H and O–H groups in total. The van der Waals surface area contributed by atoms with Crippen LogP contribution in [0.2, 0.25) is 0 Å². The molecule has 1 aliphatic rings. The van der Waals surface area contributed by atoms with Gasteiger partial charge >= 0.3 is 0 Å². The highest BCUT2D eigenvalue weighted by molar-refractivity contribution is 7.13. The molecule has 4 rings (SSSR count). The summed E-state index contributed by atoms with van der Waals surface area (Å²) in [6, 6.07) is 5.83. The highest BCUT2D eigenvalue weighted by atomic mass is 32.1. The summed E-state index contributed by atoms with van der Waals surface area (Å²) in [5.74, 6) is 0.678. The van der Waals surface area contributed by atoms with Gasteiger partial charge in [-0.25, -0.2) is 4.98 Å². The number of rotatable bonds is 5. The monoisotopic (exact) mass is 425 g/mol. The van der Waals surface area contributed by atoms with Crippen molar-refractivity contribution < 1.29 is 14.3 Å². The van der Waals surface area contributed by atoms with E-state index in [1.165, 1.54) is 17.8 Å². The second-order valence-corrected chi connectivity index (χ2v) is 8.72. The zero-order valence-electron chi connectivity index (χ0n) is 17.7. The average Bonchev–Trinajstić information content (AvgIpc) is 3.36. The third kappa shape index (κ3) is 3.74. The number of ether oxygens (including phenoxy) is 1. The van der Waals surface area contributed by atoms with Crippen LogP contribution in [0.1, 0.15) is 55.1 Å². The van der Waals surface area contributed by atoms with Crippen LogP contribution in [0.15, 0.2) is 29.8 Å². The van der Waals surface area contributed by atoms with E-state index < -0.39 is 0 Å². The highest BCUT2D eigenvalue weighted by Crippen LogP contribution is 2.33. The Labute approximate surface area is 180 Å². The van der Waals surface area contributed by atoms with Gasteiger partial charge in [0, 0.05) is 35.6 Å². The number of anilines is 1. The van der Waals surface area contributed by atoms with E-state index in [0.29, 0.717) is 5.75 Å². The van der Waals surface area contributed by atoms with Crippen molar-refractivity contribution in [3.63, 3.8) is 0 Å². The van der Waals surface area contributed by atoms with Gasteiger partial charge in [-0.1, -0.05) is 19.3 Å². The van der Waals surface area contributed by atoms with Crippen molar-refractivity contribution in [1.82, 2.24) is 9.55 Å². The number of benzene rings is 1. The molecule has 30 heavy (non-hydrogen) atoms. The standard InChI is InChI=1S/C23H27N3O3S/c1-15-19(20-13-18(29-3)9-10-21(20)25(15)16(2)27)14-22(28)26(23-24-11-12-30-23)17-7-5-4-6-8-17/h9-13,17H,4-8,14H2,1-3H3. The SMILES string of the molecule is COc1ccc2c(c1)c(CC(=O)N(c1nccs1)C1CCCCC1)c(C)n2C(C)=O. The molecule has 0 saturated heterocycles. The van der Waals surface area contributed by atoms with Crippen molar-refractivity contribution in [2.45, 2.75) is 58.4 Å². The topological polar surface area (TPSA) is 64.4 Å². The number of hydrogen-bond donors (Lipinski definition) is 0.